The number of aromatic nitrogens is 2. The zero-order valence-corrected chi connectivity index (χ0v) is 18.8. The molecule has 3 aromatic rings. The van der Waals surface area contributed by atoms with Crippen LogP contribution in [0.5, 0.6) is 0 Å². The summed E-state index contributed by atoms with van der Waals surface area (Å²) in [6.07, 6.45) is 6.29. The number of amides is 2. The average Bonchev–Trinajstić information content (AvgIpc) is 3.27. The van der Waals surface area contributed by atoms with Gasteiger partial charge in [-0.15, -0.1) is 0 Å². The lowest BCUT2D eigenvalue weighted by Gasteiger charge is -2.18. The van der Waals surface area contributed by atoms with Crippen LogP contribution in [0.2, 0.25) is 0 Å². The molecule has 8 heteroatoms. The predicted octanol–water partition coefficient (Wildman–Crippen LogP) is 2.56. The number of allylic oxidation sites excluding steroid dienone is 1. The summed E-state index contributed by atoms with van der Waals surface area (Å²) in [6.45, 7) is 1.79. The molecule has 8 nitrogen and oxygen atoms in total. The van der Waals surface area contributed by atoms with Crippen molar-refractivity contribution in [3.63, 3.8) is 0 Å². The Bertz CT molecular complexity index is 1360. The number of nitrogen functional groups attached to an aromatic ring is 1. The SMILES string of the molecule is NC(=O)CNCc1ccccc1-c1ccc2nc(N)nc(C(=O)N3CC4=C(CCC=C4)C3)c2c1. The molecule has 2 amide bonds. The lowest BCUT2D eigenvalue weighted by atomic mass is 9.97. The first-order valence-corrected chi connectivity index (χ1v) is 11.3. The topological polar surface area (TPSA) is 127 Å². The van der Waals surface area contributed by atoms with Gasteiger partial charge in [-0.05, 0) is 52.8 Å². The van der Waals surface area contributed by atoms with Crippen molar-refractivity contribution in [3.05, 3.63) is 77.0 Å². The van der Waals surface area contributed by atoms with Crippen molar-refractivity contribution in [2.45, 2.75) is 19.4 Å². The van der Waals surface area contributed by atoms with Crippen LogP contribution in [0.15, 0.2) is 65.8 Å². The minimum Gasteiger partial charge on any atom is -0.369 e. The van der Waals surface area contributed by atoms with Crippen molar-refractivity contribution < 1.29 is 9.59 Å². The summed E-state index contributed by atoms with van der Waals surface area (Å²) in [5.41, 5.74) is 17.6. The molecule has 0 saturated carbocycles. The van der Waals surface area contributed by atoms with E-state index in [1.165, 1.54) is 11.1 Å². The number of fused-ring (bicyclic) bond motifs is 1. The van der Waals surface area contributed by atoms with Gasteiger partial charge in [-0.3, -0.25) is 9.59 Å². The van der Waals surface area contributed by atoms with Gasteiger partial charge in [0.1, 0.15) is 5.69 Å². The van der Waals surface area contributed by atoms with E-state index in [4.69, 9.17) is 11.5 Å². The number of nitrogens with one attached hydrogen (secondary N) is 1. The van der Waals surface area contributed by atoms with Crippen LogP contribution >= 0.6 is 0 Å². The molecule has 172 valence electrons. The number of nitrogens with two attached hydrogens (primary N) is 2. The summed E-state index contributed by atoms with van der Waals surface area (Å²) >= 11 is 0. The predicted molar refractivity (Wildman–Crippen MR) is 132 cm³/mol. The molecule has 2 aliphatic rings. The molecular formula is C26H26N6O2. The number of benzene rings is 2. The zero-order valence-electron chi connectivity index (χ0n) is 18.8. The summed E-state index contributed by atoms with van der Waals surface area (Å²) < 4.78 is 0. The van der Waals surface area contributed by atoms with Gasteiger partial charge in [-0.2, -0.15) is 0 Å². The molecule has 1 aromatic heterocycles. The Morgan fingerprint density at radius 3 is 2.76 bits per heavy atom. The molecule has 0 bridgehead atoms. The van der Waals surface area contributed by atoms with Crippen LogP contribution in [0.25, 0.3) is 22.0 Å². The lowest BCUT2D eigenvalue weighted by Crippen LogP contribution is -2.30. The first-order chi connectivity index (χ1) is 16.5. The standard InChI is InChI=1S/C26H26N6O2/c27-23(33)13-29-12-17-5-3-4-8-20(17)16-9-10-22-21(11-16)24(31-26(28)30-22)25(34)32-14-18-6-1-2-7-19(18)15-32/h1,3-6,8-11,29H,2,7,12-15H2,(H2,27,33)(H2,28,30,31). The highest BCUT2D eigenvalue weighted by Crippen LogP contribution is 2.31. The molecule has 0 saturated heterocycles. The summed E-state index contributed by atoms with van der Waals surface area (Å²) in [6, 6.07) is 13.7. The van der Waals surface area contributed by atoms with Crippen LogP contribution < -0.4 is 16.8 Å². The molecule has 1 aliphatic carbocycles. The molecule has 1 aliphatic heterocycles. The van der Waals surface area contributed by atoms with Crippen molar-refractivity contribution in [2.24, 2.45) is 5.73 Å². The number of rotatable bonds is 6. The molecule has 2 heterocycles. The highest BCUT2D eigenvalue weighted by atomic mass is 16.2. The van der Waals surface area contributed by atoms with E-state index in [-0.39, 0.29) is 18.4 Å². The van der Waals surface area contributed by atoms with Crippen LogP contribution in [0.3, 0.4) is 0 Å². The smallest absolute Gasteiger partial charge is 0.273 e. The average molecular weight is 455 g/mol. The maximum Gasteiger partial charge on any atom is 0.273 e. The third kappa shape index (κ3) is 4.27. The Morgan fingerprint density at radius 2 is 1.94 bits per heavy atom. The Kier molecular flexibility index (Phi) is 5.81. The van der Waals surface area contributed by atoms with Crippen molar-refractivity contribution in [3.8, 4) is 11.1 Å². The normalized spacial score (nSPS) is 15.1. The lowest BCUT2D eigenvalue weighted by molar-refractivity contribution is -0.117. The third-order valence-corrected chi connectivity index (χ3v) is 6.27. The molecule has 0 spiro atoms. The number of carbonyl (C=O) groups excluding carboxylic acids is 2. The summed E-state index contributed by atoms with van der Waals surface area (Å²) in [5, 5.41) is 3.72. The van der Waals surface area contributed by atoms with Gasteiger partial charge < -0.3 is 21.7 Å². The van der Waals surface area contributed by atoms with E-state index in [1.54, 1.807) is 0 Å². The maximum atomic E-state index is 13.6. The number of primary amides is 1. The molecule has 0 unspecified atom stereocenters. The number of carbonyl (C=O) groups is 2. The largest absolute Gasteiger partial charge is 0.369 e. The Labute approximate surface area is 197 Å². The van der Waals surface area contributed by atoms with Crippen LogP contribution in [0.4, 0.5) is 5.95 Å². The van der Waals surface area contributed by atoms with Gasteiger partial charge in [0, 0.05) is 25.0 Å². The molecule has 0 radical (unpaired) electrons. The Hall–Kier alpha value is -4.04. The van der Waals surface area contributed by atoms with Gasteiger partial charge in [-0.1, -0.05) is 42.5 Å². The van der Waals surface area contributed by atoms with Crippen LogP contribution in [0, 0.1) is 0 Å². The minimum atomic E-state index is -0.408. The third-order valence-electron chi connectivity index (χ3n) is 6.27. The monoisotopic (exact) mass is 454 g/mol. The maximum absolute atomic E-state index is 13.6. The molecule has 0 atom stereocenters. The first kappa shape index (κ1) is 21.8. The second kappa shape index (κ2) is 9.07. The van der Waals surface area contributed by atoms with Crippen molar-refractivity contribution in [1.29, 1.82) is 0 Å². The van der Waals surface area contributed by atoms with Gasteiger partial charge in [0.25, 0.3) is 5.91 Å². The van der Waals surface area contributed by atoms with E-state index in [1.807, 2.05) is 47.4 Å². The molecule has 5 rings (SSSR count). The summed E-state index contributed by atoms with van der Waals surface area (Å²) in [7, 11) is 0. The number of nitrogens with zero attached hydrogens (tertiary/aromatic N) is 3. The summed E-state index contributed by atoms with van der Waals surface area (Å²) in [5.74, 6) is -0.471. The highest BCUT2D eigenvalue weighted by molar-refractivity contribution is 6.06. The molecule has 2 aromatic carbocycles. The van der Waals surface area contributed by atoms with Crippen molar-refractivity contribution >= 4 is 28.7 Å². The number of anilines is 1. The van der Waals surface area contributed by atoms with E-state index < -0.39 is 5.91 Å². The molecule has 34 heavy (non-hydrogen) atoms. The first-order valence-electron chi connectivity index (χ1n) is 11.3. The van der Waals surface area contributed by atoms with Crippen LogP contribution in [-0.4, -0.2) is 46.3 Å². The fourth-order valence-corrected chi connectivity index (χ4v) is 4.65. The van der Waals surface area contributed by atoms with Gasteiger partial charge in [0.15, 0.2) is 0 Å². The van der Waals surface area contributed by atoms with E-state index in [0.717, 1.165) is 29.5 Å². The van der Waals surface area contributed by atoms with Gasteiger partial charge in [-0.25, -0.2) is 9.97 Å². The second-order valence-electron chi connectivity index (χ2n) is 8.62. The van der Waals surface area contributed by atoms with Crippen LogP contribution in [-0.2, 0) is 11.3 Å². The van der Waals surface area contributed by atoms with Crippen molar-refractivity contribution in [1.82, 2.24) is 20.2 Å². The van der Waals surface area contributed by atoms with Gasteiger partial charge in [0.2, 0.25) is 11.9 Å². The van der Waals surface area contributed by atoms with E-state index in [0.29, 0.717) is 36.2 Å². The fourth-order valence-electron chi connectivity index (χ4n) is 4.65. The Morgan fingerprint density at radius 1 is 1.09 bits per heavy atom. The van der Waals surface area contributed by atoms with E-state index in [2.05, 4.69) is 27.4 Å². The molecular weight excluding hydrogens is 428 g/mol. The van der Waals surface area contributed by atoms with Crippen molar-refractivity contribution in [2.75, 3.05) is 25.4 Å². The quantitative estimate of drug-likeness (QED) is 0.525. The van der Waals surface area contributed by atoms with Gasteiger partial charge in [0.05, 0.1) is 12.1 Å². The van der Waals surface area contributed by atoms with E-state index in [9.17, 15) is 9.59 Å². The minimum absolute atomic E-state index is 0.0801. The number of hydrogen-bond acceptors (Lipinski definition) is 6. The van der Waals surface area contributed by atoms with Crippen LogP contribution in [0.1, 0.15) is 28.9 Å². The molecule has 5 N–H and O–H groups in total. The zero-order chi connectivity index (χ0) is 23.7. The van der Waals surface area contributed by atoms with Gasteiger partial charge >= 0.3 is 0 Å². The van der Waals surface area contributed by atoms with E-state index >= 15 is 0 Å². The molecule has 0 fully saturated rings. The fraction of sp³-hybridized carbons (Fsp3) is 0.231. The highest BCUT2D eigenvalue weighted by Gasteiger charge is 2.28. The summed E-state index contributed by atoms with van der Waals surface area (Å²) in [4.78, 5) is 35.2. The number of hydrogen-bond donors (Lipinski definition) is 3. The second-order valence-corrected chi connectivity index (χ2v) is 8.62. The Balaban J connectivity index is 1.50.